The number of amides is 2. The van der Waals surface area contributed by atoms with E-state index in [1.807, 2.05) is 34.9 Å². The second-order valence-corrected chi connectivity index (χ2v) is 13.3. The predicted octanol–water partition coefficient (Wildman–Crippen LogP) is 5.70. The van der Waals surface area contributed by atoms with E-state index in [4.69, 9.17) is 14.2 Å². The highest BCUT2D eigenvalue weighted by molar-refractivity contribution is 8.00. The van der Waals surface area contributed by atoms with Crippen LogP contribution in [0.4, 0.5) is 5.00 Å². The molecule has 5 rings (SSSR count). The molecule has 1 atom stereocenters. The van der Waals surface area contributed by atoms with Crippen molar-refractivity contribution in [2.24, 2.45) is 0 Å². The number of aromatic nitrogens is 3. The van der Waals surface area contributed by atoms with Gasteiger partial charge in [0.1, 0.15) is 5.00 Å². The molecule has 1 aliphatic carbocycles. The van der Waals surface area contributed by atoms with E-state index >= 15 is 0 Å². The number of thiophene rings is 1. The average Bonchev–Trinajstić information content (AvgIpc) is 3.66. The number of nitrogens with zero attached hydrogens (tertiary/aromatic N) is 3. The summed E-state index contributed by atoms with van der Waals surface area (Å²) in [6, 6.07) is 15.0. The molecule has 47 heavy (non-hydrogen) atoms. The second-order valence-electron chi connectivity index (χ2n) is 10.9. The lowest BCUT2D eigenvalue weighted by atomic mass is 9.95. The average molecular weight is 678 g/mol. The Kier molecular flexibility index (Phi) is 11.5. The van der Waals surface area contributed by atoms with Gasteiger partial charge in [0.05, 0.1) is 38.2 Å². The van der Waals surface area contributed by atoms with Gasteiger partial charge in [0.2, 0.25) is 5.91 Å². The molecule has 0 aliphatic heterocycles. The molecule has 0 bridgehead atoms. The summed E-state index contributed by atoms with van der Waals surface area (Å²) in [7, 11) is 3.05. The molecule has 2 heterocycles. The maximum Gasteiger partial charge on any atom is 0.341 e. The van der Waals surface area contributed by atoms with Crippen LogP contribution in [0.3, 0.4) is 0 Å². The Morgan fingerprint density at radius 2 is 1.79 bits per heavy atom. The SMILES string of the molecule is CCOC(=O)c1c(NC(=O)[C@H](C)Sc2nnc(CNC(=O)c3ccc(OC)c(OC)c3)n2CCc2ccccc2)sc2c1CCCC2. The first-order valence-electron chi connectivity index (χ1n) is 15.6. The van der Waals surface area contributed by atoms with E-state index in [0.717, 1.165) is 41.7 Å². The van der Waals surface area contributed by atoms with E-state index in [-0.39, 0.29) is 25.0 Å². The van der Waals surface area contributed by atoms with Gasteiger partial charge in [0.15, 0.2) is 22.5 Å². The molecule has 2 aromatic carbocycles. The molecule has 0 unspecified atom stereocenters. The fourth-order valence-corrected chi connectivity index (χ4v) is 7.56. The van der Waals surface area contributed by atoms with Gasteiger partial charge in [0.25, 0.3) is 5.91 Å². The summed E-state index contributed by atoms with van der Waals surface area (Å²) in [5.41, 5.74) is 3.03. The third-order valence-corrected chi connectivity index (χ3v) is 10.1. The standard InChI is InChI=1S/C34H39N5O6S2/c1-5-45-33(42)29-24-13-9-10-14-27(24)47-32(29)36-30(40)21(2)46-34-38-37-28(39(34)18-17-22-11-7-6-8-12-22)20-35-31(41)23-15-16-25(43-3)26(19-23)44-4/h6-8,11-12,15-16,19,21H,5,9-10,13-14,17-18,20H2,1-4H3,(H,35,41)(H,36,40)/t21-/m0/s1. The molecule has 248 valence electrons. The summed E-state index contributed by atoms with van der Waals surface area (Å²) < 4.78 is 17.9. The van der Waals surface area contributed by atoms with Crippen LogP contribution in [0.1, 0.15) is 69.2 Å². The number of aryl methyl sites for hydroxylation is 2. The quantitative estimate of drug-likeness (QED) is 0.127. The van der Waals surface area contributed by atoms with Crippen LogP contribution in [0.2, 0.25) is 0 Å². The molecule has 2 amide bonds. The van der Waals surface area contributed by atoms with Crippen LogP contribution in [-0.4, -0.2) is 58.6 Å². The molecule has 0 fully saturated rings. The molecule has 2 N–H and O–H groups in total. The van der Waals surface area contributed by atoms with Gasteiger partial charge in [-0.2, -0.15) is 0 Å². The van der Waals surface area contributed by atoms with E-state index in [1.165, 1.54) is 37.3 Å². The summed E-state index contributed by atoms with van der Waals surface area (Å²) in [6.07, 6.45) is 4.46. The Balaban J connectivity index is 1.32. The molecular formula is C34H39N5O6S2. The molecule has 0 radical (unpaired) electrons. The zero-order valence-corrected chi connectivity index (χ0v) is 28.6. The fourth-order valence-electron chi connectivity index (χ4n) is 5.38. The minimum absolute atomic E-state index is 0.125. The highest BCUT2D eigenvalue weighted by atomic mass is 32.2. The number of esters is 1. The number of ether oxygens (including phenoxy) is 3. The lowest BCUT2D eigenvalue weighted by molar-refractivity contribution is -0.115. The largest absolute Gasteiger partial charge is 0.493 e. The Morgan fingerprint density at radius 3 is 2.53 bits per heavy atom. The van der Waals surface area contributed by atoms with Crippen LogP contribution in [0, 0.1) is 0 Å². The minimum Gasteiger partial charge on any atom is -0.493 e. The van der Waals surface area contributed by atoms with Crippen molar-refractivity contribution in [1.29, 1.82) is 0 Å². The number of carbonyl (C=O) groups is 3. The zero-order valence-electron chi connectivity index (χ0n) is 27.0. The first kappa shape index (κ1) is 34.0. The van der Waals surface area contributed by atoms with Crippen LogP contribution in [0.25, 0.3) is 0 Å². The number of thioether (sulfide) groups is 1. The van der Waals surface area contributed by atoms with Gasteiger partial charge in [-0.3, -0.25) is 9.59 Å². The number of nitrogens with one attached hydrogen (secondary N) is 2. The summed E-state index contributed by atoms with van der Waals surface area (Å²) >= 11 is 2.74. The number of benzene rings is 2. The number of fused-ring (bicyclic) bond motifs is 1. The van der Waals surface area contributed by atoms with Gasteiger partial charge in [-0.15, -0.1) is 21.5 Å². The van der Waals surface area contributed by atoms with E-state index in [2.05, 4.69) is 20.8 Å². The number of hydrogen-bond donors (Lipinski definition) is 2. The van der Waals surface area contributed by atoms with Crippen molar-refractivity contribution < 1.29 is 28.6 Å². The van der Waals surface area contributed by atoms with E-state index < -0.39 is 11.2 Å². The third kappa shape index (κ3) is 8.14. The molecule has 0 spiro atoms. The Bertz CT molecular complexity index is 1720. The van der Waals surface area contributed by atoms with E-state index in [1.54, 1.807) is 32.0 Å². The monoisotopic (exact) mass is 677 g/mol. The zero-order chi connectivity index (χ0) is 33.3. The van der Waals surface area contributed by atoms with Crippen LogP contribution in [-0.2, 0) is 41.9 Å². The molecule has 4 aromatic rings. The molecule has 0 saturated heterocycles. The number of methoxy groups -OCH3 is 2. The van der Waals surface area contributed by atoms with Crippen molar-refractivity contribution in [3.05, 3.63) is 81.5 Å². The second kappa shape index (κ2) is 16.0. The molecule has 1 aliphatic rings. The number of anilines is 1. The molecule has 11 nitrogen and oxygen atoms in total. The van der Waals surface area contributed by atoms with Crippen LogP contribution in [0.5, 0.6) is 11.5 Å². The fraction of sp³-hybridized carbons (Fsp3) is 0.382. The van der Waals surface area contributed by atoms with Crippen LogP contribution < -0.4 is 20.1 Å². The van der Waals surface area contributed by atoms with Gasteiger partial charge < -0.3 is 29.4 Å². The van der Waals surface area contributed by atoms with Gasteiger partial charge in [0, 0.05) is 17.0 Å². The number of carbonyl (C=O) groups excluding carboxylic acids is 3. The predicted molar refractivity (Wildman–Crippen MR) is 182 cm³/mol. The van der Waals surface area contributed by atoms with Gasteiger partial charge >= 0.3 is 5.97 Å². The smallest absolute Gasteiger partial charge is 0.341 e. The van der Waals surface area contributed by atoms with Crippen molar-refractivity contribution in [3.63, 3.8) is 0 Å². The lowest BCUT2D eigenvalue weighted by Gasteiger charge is -2.15. The normalized spacial score (nSPS) is 12.9. The maximum absolute atomic E-state index is 13.5. The number of hydrogen-bond acceptors (Lipinski definition) is 10. The number of rotatable bonds is 14. The maximum atomic E-state index is 13.5. The topological polar surface area (TPSA) is 134 Å². The lowest BCUT2D eigenvalue weighted by Crippen LogP contribution is -2.26. The molecular weight excluding hydrogens is 639 g/mol. The van der Waals surface area contributed by atoms with Crippen LogP contribution in [0.15, 0.2) is 53.7 Å². The summed E-state index contributed by atoms with van der Waals surface area (Å²) in [5, 5.41) is 15.3. The van der Waals surface area contributed by atoms with Crippen molar-refractivity contribution in [2.45, 2.75) is 69.4 Å². The first-order chi connectivity index (χ1) is 22.8. The van der Waals surface area contributed by atoms with E-state index in [0.29, 0.717) is 51.6 Å². The van der Waals surface area contributed by atoms with Crippen molar-refractivity contribution in [1.82, 2.24) is 20.1 Å². The Hall–Kier alpha value is -4.36. The minimum atomic E-state index is -0.557. The molecule has 0 saturated carbocycles. The van der Waals surface area contributed by atoms with Gasteiger partial charge in [-0.05, 0) is 75.3 Å². The molecule has 13 heteroatoms. The van der Waals surface area contributed by atoms with E-state index in [9.17, 15) is 14.4 Å². The summed E-state index contributed by atoms with van der Waals surface area (Å²) in [6.45, 7) is 4.50. The Labute approximate surface area is 282 Å². The van der Waals surface area contributed by atoms with Crippen molar-refractivity contribution >= 4 is 45.9 Å². The highest BCUT2D eigenvalue weighted by Gasteiger charge is 2.29. The van der Waals surface area contributed by atoms with Crippen molar-refractivity contribution in [3.8, 4) is 11.5 Å². The Morgan fingerprint density at radius 1 is 1.02 bits per heavy atom. The summed E-state index contributed by atoms with van der Waals surface area (Å²) in [5.74, 6) is 0.583. The van der Waals surface area contributed by atoms with Crippen molar-refractivity contribution in [2.75, 3.05) is 26.1 Å². The summed E-state index contributed by atoms with van der Waals surface area (Å²) in [4.78, 5) is 40.6. The van der Waals surface area contributed by atoms with Gasteiger partial charge in [-0.1, -0.05) is 42.1 Å². The highest BCUT2D eigenvalue weighted by Crippen LogP contribution is 2.39. The van der Waals surface area contributed by atoms with Gasteiger partial charge in [-0.25, -0.2) is 4.79 Å². The first-order valence-corrected chi connectivity index (χ1v) is 17.3. The van der Waals surface area contributed by atoms with Crippen LogP contribution >= 0.6 is 23.1 Å². The third-order valence-electron chi connectivity index (χ3n) is 7.85. The molecule has 2 aromatic heterocycles.